The van der Waals surface area contributed by atoms with Crippen molar-refractivity contribution in [1.82, 2.24) is 0 Å². The van der Waals surface area contributed by atoms with Crippen molar-refractivity contribution < 1.29 is 14.2 Å². The lowest BCUT2D eigenvalue weighted by Gasteiger charge is -2.37. The van der Waals surface area contributed by atoms with Gasteiger partial charge in [0.05, 0.1) is 13.2 Å². The fourth-order valence-corrected chi connectivity index (χ4v) is 5.62. The number of hydrogen-bond acceptors (Lipinski definition) is 5. The summed E-state index contributed by atoms with van der Waals surface area (Å²) in [5.41, 5.74) is 4.13. The van der Waals surface area contributed by atoms with Crippen LogP contribution in [0.5, 0.6) is 11.5 Å². The van der Waals surface area contributed by atoms with Crippen LogP contribution in [-0.2, 0) is 4.74 Å². The lowest BCUT2D eigenvalue weighted by Crippen LogP contribution is -2.39. The molecule has 2 saturated heterocycles. The summed E-state index contributed by atoms with van der Waals surface area (Å²) in [6.45, 7) is 5.29. The molecule has 0 N–H and O–H groups in total. The summed E-state index contributed by atoms with van der Waals surface area (Å²) in [4.78, 5) is 4.98. The van der Waals surface area contributed by atoms with E-state index in [0.717, 1.165) is 56.3 Å². The van der Waals surface area contributed by atoms with Gasteiger partial charge in [-0.05, 0) is 68.0 Å². The van der Waals surface area contributed by atoms with E-state index in [9.17, 15) is 0 Å². The second-order valence-corrected chi connectivity index (χ2v) is 9.95. The lowest BCUT2D eigenvalue weighted by molar-refractivity contribution is 0.119. The van der Waals surface area contributed by atoms with Crippen LogP contribution in [0.25, 0.3) is 0 Å². The summed E-state index contributed by atoms with van der Waals surface area (Å²) >= 11 is 0. The maximum absolute atomic E-state index is 6.39. The molecule has 3 fully saturated rings. The Hall–Kier alpha value is -2.40. The zero-order valence-corrected chi connectivity index (χ0v) is 20.3. The third-order valence-corrected chi connectivity index (χ3v) is 7.91. The molecule has 0 unspecified atom stereocenters. The van der Waals surface area contributed by atoms with Gasteiger partial charge >= 0.3 is 0 Å². The molecule has 2 aliphatic heterocycles. The molecule has 0 spiro atoms. The van der Waals surface area contributed by atoms with Gasteiger partial charge in [-0.2, -0.15) is 0 Å². The van der Waals surface area contributed by atoms with Gasteiger partial charge in [-0.1, -0.05) is 12.5 Å². The number of piperidine rings is 1. The van der Waals surface area contributed by atoms with Crippen LogP contribution >= 0.6 is 0 Å². The normalized spacial score (nSPS) is 24.1. The summed E-state index contributed by atoms with van der Waals surface area (Å²) < 4.78 is 17.5. The van der Waals surface area contributed by atoms with Gasteiger partial charge in [0.15, 0.2) is 0 Å². The molecule has 1 aliphatic carbocycles. The predicted molar refractivity (Wildman–Crippen MR) is 134 cm³/mol. The molecular formula is C28H38N2O3. The van der Waals surface area contributed by atoms with Crippen LogP contribution in [0.15, 0.2) is 42.5 Å². The Morgan fingerprint density at radius 1 is 0.848 bits per heavy atom. The van der Waals surface area contributed by atoms with Crippen LogP contribution in [0.2, 0.25) is 0 Å². The molecule has 178 valence electrons. The lowest BCUT2D eigenvalue weighted by atomic mass is 9.79. The second-order valence-electron chi connectivity index (χ2n) is 9.95. The van der Waals surface area contributed by atoms with Crippen LogP contribution in [0.3, 0.4) is 0 Å². The minimum Gasteiger partial charge on any atom is -0.497 e. The SMILES string of the molecule is COc1ccc(C2CCC2)c(N2CCC(Oc3ccc(N4C[C@H](OC)C[C@@H]4C)cc3)CC2)c1. The van der Waals surface area contributed by atoms with Gasteiger partial charge in [0.25, 0.3) is 0 Å². The van der Waals surface area contributed by atoms with Crippen molar-refractivity contribution in [2.24, 2.45) is 0 Å². The number of rotatable bonds is 7. The Morgan fingerprint density at radius 2 is 1.58 bits per heavy atom. The molecule has 0 aromatic heterocycles. The molecule has 1 saturated carbocycles. The first-order chi connectivity index (χ1) is 16.1. The van der Waals surface area contributed by atoms with Crippen molar-refractivity contribution in [2.45, 2.75) is 69.6 Å². The molecule has 0 radical (unpaired) electrons. The zero-order chi connectivity index (χ0) is 22.8. The smallest absolute Gasteiger partial charge is 0.120 e. The van der Waals surface area contributed by atoms with E-state index in [1.807, 2.05) is 7.11 Å². The second kappa shape index (κ2) is 9.84. The maximum atomic E-state index is 6.39. The first kappa shape index (κ1) is 22.4. The van der Waals surface area contributed by atoms with Crippen LogP contribution in [0.4, 0.5) is 11.4 Å². The molecule has 5 heteroatoms. The van der Waals surface area contributed by atoms with Crippen molar-refractivity contribution in [2.75, 3.05) is 43.7 Å². The molecule has 3 aliphatic rings. The third-order valence-electron chi connectivity index (χ3n) is 7.91. The van der Waals surface area contributed by atoms with Crippen LogP contribution < -0.4 is 19.3 Å². The molecular weight excluding hydrogens is 412 g/mol. The highest BCUT2D eigenvalue weighted by Crippen LogP contribution is 2.43. The van der Waals surface area contributed by atoms with Crippen molar-refractivity contribution in [3.05, 3.63) is 48.0 Å². The van der Waals surface area contributed by atoms with E-state index in [1.165, 1.54) is 36.2 Å². The number of benzene rings is 2. The van der Waals surface area contributed by atoms with Crippen LogP contribution in [-0.4, -0.2) is 52.1 Å². The average Bonchev–Trinajstić information content (AvgIpc) is 3.20. The van der Waals surface area contributed by atoms with E-state index in [-0.39, 0.29) is 6.10 Å². The minimum absolute atomic E-state index is 0.272. The summed E-state index contributed by atoms with van der Waals surface area (Å²) in [5, 5.41) is 0. The van der Waals surface area contributed by atoms with E-state index in [1.54, 1.807) is 7.11 Å². The molecule has 5 nitrogen and oxygen atoms in total. The largest absolute Gasteiger partial charge is 0.497 e. The molecule has 2 heterocycles. The molecule has 0 bridgehead atoms. The highest BCUT2D eigenvalue weighted by Gasteiger charge is 2.30. The van der Waals surface area contributed by atoms with Gasteiger partial charge < -0.3 is 24.0 Å². The Morgan fingerprint density at radius 3 is 2.18 bits per heavy atom. The fourth-order valence-electron chi connectivity index (χ4n) is 5.62. The van der Waals surface area contributed by atoms with Crippen LogP contribution in [0, 0.1) is 0 Å². The molecule has 5 rings (SSSR count). The zero-order valence-electron chi connectivity index (χ0n) is 20.3. The van der Waals surface area contributed by atoms with E-state index in [4.69, 9.17) is 14.2 Å². The molecule has 33 heavy (non-hydrogen) atoms. The van der Waals surface area contributed by atoms with Crippen molar-refractivity contribution in [3.8, 4) is 11.5 Å². The van der Waals surface area contributed by atoms with Gasteiger partial charge in [-0.15, -0.1) is 0 Å². The number of anilines is 2. The van der Waals surface area contributed by atoms with Gasteiger partial charge in [-0.3, -0.25) is 0 Å². The molecule has 0 amide bonds. The monoisotopic (exact) mass is 450 g/mol. The van der Waals surface area contributed by atoms with Gasteiger partial charge in [-0.25, -0.2) is 0 Å². The highest BCUT2D eigenvalue weighted by molar-refractivity contribution is 5.59. The standard InChI is InChI=1S/C28H38N2O3/c1-20-17-26(32-3)19-30(20)22-7-9-23(10-8-22)33-24-13-15-29(16-14-24)28-18-25(31-2)11-12-27(28)21-5-4-6-21/h7-12,18,20-21,24,26H,4-6,13-17,19H2,1-3H3/t20-,26+/m0/s1. The minimum atomic E-state index is 0.272. The molecule has 2 aromatic rings. The van der Waals surface area contributed by atoms with E-state index >= 15 is 0 Å². The Kier molecular flexibility index (Phi) is 6.68. The van der Waals surface area contributed by atoms with Crippen molar-refractivity contribution in [1.29, 1.82) is 0 Å². The van der Waals surface area contributed by atoms with Gasteiger partial charge in [0, 0.05) is 63.1 Å². The number of hydrogen-bond donors (Lipinski definition) is 0. The molecule has 2 atom stereocenters. The van der Waals surface area contributed by atoms with E-state index in [0.29, 0.717) is 12.1 Å². The summed E-state index contributed by atoms with van der Waals surface area (Å²) in [6, 6.07) is 15.8. The number of methoxy groups -OCH3 is 2. The third kappa shape index (κ3) is 4.79. The van der Waals surface area contributed by atoms with Gasteiger partial charge in [0.2, 0.25) is 0 Å². The molecule has 2 aromatic carbocycles. The Bertz CT molecular complexity index is 919. The highest BCUT2D eigenvalue weighted by atomic mass is 16.5. The average molecular weight is 451 g/mol. The summed E-state index contributed by atoms with van der Waals surface area (Å²) in [7, 11) is 3.57. The van der Waals surface area contributed by atoms with E-state index < -0.39 is 0 Å². The van der Waals surface area contributed by atoms with Crippen LogP contribution in [0.1, 0.15) is 56.9 Å². The van der Waals surface area contributed by atoms with Gasteiger partial charge in [0.1, 0.15) is 17.6 Å². The Balaban J connectivity index is 1.19. The maximum Gasteiger partial charge on any atom is 0.120 e. The number of nitrogens with zero attached hydrogens (tertiary/aromatic N) is 2. The number of ether oxygens (including phenoxy) is 3. The topological polar surface area (TPSA) is 34.2 Å². The van der Waals surface area contributed by atoms with Crippen molar-refractivity contribution in [3.63, 3.8) is 0 Å². The first-order valence-corrected chi connectivity index (χ1v) is 12.6. The summed E-state index contributed by atoms with van der Waals surface area (Å²) in [5.74, 6) is 2.65. The summed E-state index contributed by atoms with van der Waals surface area (Å²) in [6.07, 6.45) is 7.76. The quantitative estimate of drug-likeness (QED) is 0.547. The van der Waals surface area contributed by atoms with E-state index in [2.05, 4.69) is 59.2 Å². The Labute approximate surface area is 198 Å². The predicted octanol–water partition coefficient (Wildman–Crippen LogP) is 5.62. The van der Waals surface area contributed by atoms with Crippen molar-refractivity contribution >= 4 is 11.4 Å². The first-order valence-electron chi connectivity index (χ1n) is 12.6. The fraction of sp³-hybridized carbons (Fsp3) is 0.571.